The largest absolute Gasteiger partial charge is 0.376 e. The summed E-state index contributed by atoms with van der Waals surface area (Å²) in [4.78, 5) is 26.9. The first kappa shape index (κ1) is 17.3. The van der Waals surface area contributed by atoms with Crippen molar-refractivity contribution in [1.82, 2.24) is 5.32 Å². The number of anilines is 2. The molecule has 4 rings (SSSR count). The summed E-state index contributed by atoms with van der Waals surface area (Å²) in [5.74, 6) is -0.487. The van der Waals surface area contributed by atoms with Crippen molar-refractivity contribution < 1.29 is 14.3 Å². The van der Waals surface area contributed by atoms with E-state index in [-0.39, 0.29) is 29.8 Å². The van der Waals surface area contributed by atoms with E-state index in [0.29, 0.717) is 13.0 Å². The molecule has 3 unspecified atom stereocenters. The Labute approximate surface area is 154 Å². The summed E-state index contributed by atoms with van der Waals surface area (Å²) >= 11 is 0. The normalized spacial score (nSPS) is 27.4. The Morgan fingerprint density at radius 1 is 1.04 bits per heavy atom. The average molecular weight is 357 g/mol. The minimum atomic E-state index is -0.210. The minimum Gasteiger partial charge on any atom is -0.376 e. The van der Waals surface area contributed by atoms with Crippen LogP contribution in [0.4, 0.5) is 11.4 Å². The fraction of sp³-hybridized carbons (Fsp3) is 0.600. The third-order valence-electron chi connectivity index (χ3n) is 5.60. The number of benzene rings is 1. The maximum Gasteiger partial charge on any atom is 0.228 e. The summed E-state index contributed by atoms with van der Waals surface area (Å²) in [5, 5.41) is 5.87. The van der Waals surface area contributed by atoms with Gasteiger partial charge in [0.2, 0.25) is 11.8 Å². The second-order valence-corrected chi connectivity index (χ2v) is 7.56. The molecule has 0 radical (unpaired) electrons. The molecule has 0 aromatic heterocycles. The number of amides is 2. The zero-order chi connectivity index (χ0) is 17.9. The van der Waals surface area contributed by atoms with Crippen molar-refractivity contribution in [2.24, 2.45) is 11.8 Å². The first-order valence-electron chi connectivity index (χ1n) is 9.76. The maximum absolute atomic E-state index is 12.4. The number of rotatable bonds is 6. The molecule has 3 atom stereocenters. The molecular formula is C20H27N3O3. The van der Waals surface area contributed by atoms with E-state index < -0.39 is 0 Å². The molecule has 1 aromatic carbocycles. The van der Waals surface area contributed by atoms with Crippen LogP contribution >= 0.6 is 0 Å². The van der Waals surface area contributed by atoms with Crippen LogP contribution in [0, 0.1) is 11.8 Å². The molecule has 3 fully saturated rings. The van der Waals surface area contributed by atoms with Crippen molar-refractivity contribution in [3.8, 4) is 0 Å². The molecule has 0 bridgehead atoms. The Morgan fingerprint density at radius 3 is 2.46 bits per heavy atom. The van der Waals surface area contributed by atoms with E-state index in [1.807, 2.05) is 12.1 Å². The summed E-state index contributed by atoms with van der Waals surface area (Å²) in [7, 11) is 0. The van der Waals surface area contributed by atoms with Crippen molar-refractivity contribution in [1.29, 1.82) is 0 Å². The van der Waals surface area contributed by atoms with Crippen LogP contribution in [0.5, 0.6) is 0 Å². The highest BCUT2D eigenvalue weighted by molar-refractivity contribution is 5.99. The molecule has 6 heteroatoms. The number of hydrogen-bond donors (Lipinski definition) is 2. The van der Waals surface area contributed by atoms with E-state index in [4.69, 9.17) is 4.74 Å². The Hall–Kier alpha value is -2.08. The van der Waals surface area contributed by atoms with Crippen LogP contribution in [0.1, 0.15) is 32.1 Å². The van der Waals surface area contributed by atoms with Gasteiger partial charge in [0.1, 0.15) is 0 Å². The molecule has 2 heterocycles. The van der Waals surface area contributed by atoms with Crippen LogP contribution in [-0.2, 0) is 14.3 Å². The van der Waals surface area contributed by atoms with Gasteiger partial charge in [-0.15, -0.1) is 0 Å². The number of carbonyl (C=O) groups excluding carboxylic acids is 2. The molecule has 1 aliphatic carbocycles. The number of nitrogens with zero attached hydrogens (tertiary/aromatic N) is 1. The molecule has 3 aliphatic rings. The van der Waals surface area contributed by atoms with Gasteiger partial charge in [0.15, 0.2) is 0 Å². The Kier molecular flexibility index (Phi) is 5.11. The summed E-state index contributed by atoms with van der Waals surface area (Å²) in [6, 6.07) is 8.00. The van der Waals surface area contributed by atoms with Gasteiger partial charge in [0.05, 0.1) is 17.9 Å². The lowest BCUT2D eigenvalue weighted by molar-refractivity contribution is -0.125. The molecular weight excluding hydrogens is 330 g/mol. The molecule has 2 amide bonds. The van der Waals surface area contributed by atoms with Crippen molar-refractivity contribution in [3.63, 3.8) is 0 Å². The zero-order valence-electron chi connectivity index (χ0n) is 15.1. The van der Waals surface area contributed by atoms with Gasteiger partial charge in [-0.1, -0.05) is 0 Å². The molecule has 2 aliphatic heterocycles. The molecule has 1 saturated carbocycles. The predicted octanol–water partition coefficient (Wildman–Crippen LogP) is 2.16. The highest BCUT2D eigenvalue weighted by Crippen LogP contribution is 2.39. The second kappa shape index (κ2) is 7.66. The highest BCUT2D eigenvalue weighted by Gasteiger charge is 2.48. The van der Waals surface area contributed by atoms with Crippen molar-refractivity contribution in [3.05, 3.63) is 24.3 Å². The first-order valence-corrected chi connectivity index (χ1v) is 9.76. The van der Waals surface area contributed by atoms with Gasteiger partial charge >= 0.3 is 0 Å². The smallest absolute Gasteiger partial charge is 0.228 e. The quantitative estimate of drug-likeness (QED) is 0.818. The summed E-state index contributed by atoms with van der Waals surface area (Å²) in [6.45, 7) is 3.56. The SMILES string of the molecule is O=C(NCC1CCCO1)C1CC1C(=O)Nc1ccc(N2CCCC2)cc1. The lowest BCUT2D eigenvalue weighted by atomic mass is 10.2. The van der Waals surface area contributed by atoms with Crippen molar-refractivity contribution in [2.45, 2.75) is 38.2 Å². The van der Waals surface area contributed by atoms with Gasteiger partial charge in [-0.2, -0.15) is 0 Å². The molecule has 2 saturated heterocycles. The second-order valence-electron chi connectivity index (χ2n) is 7.56. The van der Waals surface area contributed by atoms with Crippen molar-refractivity contribution >= 4 is 23.2 Å². The fourth-order valence-corrected chi connectivity index (χ4v) is 3.89. The lowest BCUT2D eigenvalue weighted by Crippen LogP contribution is -2.33. The van der Waals surface area contributed by atoms with Crippen LogP contribution in [0.3, 0.4) is 0 Å². The van der Waals surface area contributed by atoms with E-state index in [1.54, 1.807) is 0 Å². The third-order valence-corrected chi connectivity index (χ3v) is 5.60. The summed E-state index contributed by atoms with van der Waals surface area (Å²) < 4.78 is 5.51. The van der Waals surface area contributed by atoms with Crippen LogP contribution in [0.25, 0.3) is 0 Å². The van der Waals surface area contributed by atoms with Crippen LogP contribution < -0.4 is 15.5 Å². The van der Waals surface area contributed by atoms with E-state index in [2.05, 4.69) is 27.7 Å². The number of hydrogen-bond acceptors (Lipinski definition) is 4. The molecule has 26 heavy (non-hydrogen) atoms. The minimum absolute atomic E-state index is 0.0231. The maximum atomic E-state index is 12.4. The standard InChI is InChI=1S/C20H27N3O3/c24-19(21-13-16-4-3-11-26-16)17-12-18(17)20(25)22-14-5-7-15(8-6-14)23-9-1-2-10-23/h5-8,16-18H,1-4,9-13H2,(H,21,24)(H,22,25). The topological polar surface area (TPSA) is 70.7 Å². The lowest BCUT2D eigenvalue weighted by Gasteiger charge is -2.17. The third kappa shape index (κ3) is 4.01. The Bertz CT molecular complexity index is 649. The van der Waals surface area contributed by atoms with Crippen molar-refractivity contribution in [2.75, 3.05) is 36.5 Å². The predicted molar refractivity (Wildman–Crippen MR) is 100 cm³/mol. The summed E-state index contributed by atoms with van der Waals surface area (Å²) in [6.07, 6.45) is 5.33. The van der Waals surface area contributed by atoms with Gasteiger partial charge in [0, 0.05) is 37.6 Å². The van der Waals surface area contributed by atoms with E-state index in [0.717, 1.165) is 38.2 Å². The van der Waals surface area contributed by atoms with Gasteiger partial charge in [-0.3, -0.25) is 9.59 Å². The number of ether oxygens (including phenoxy) is 1. The highest BCUT2D eigenvalue weighted by atomic mass is 16.5. The molecule has 140 valence electrons. The van der Waals surface area contributed by atoms with E-state index in [9.17, 15) is 9.59 Å². The van der Waals surface area contributed by atoms with E-state index >= 15 is 0 Å². The zero-order valence-corrected chi connectivity index (χ0v) is 15.1. The van der Waals surface area contributed by atoms with Gasteiger partial charge in [-0.05, 0) is 56.4 Å². The van der Waals surface area contributed by atoms with Gasteiger partial charge in [0.25, 0.3) is 0 Å². The number of carbonyl (C=O) groups is 2. The van der Waals surface area contributed by atoms with Crippen LogP contribution in [0.2, 0.25) is 0 Å². The molecule has 2 N–H and O–H groups in total. The van der Waals surface area contributed by atoms with Crippen LogP contribution in [0.15, 0.2) is 24.3 Å². The Morgan fingerprint density at radius 2 is 1.77 bits per heavy atom. The Balaban J connectivity index is 1.23. The van der Waals surface area contributed by atoms with Gasteiger partial charge < -0.3 is 20.3 Å². The average Bonchev–Trinajstić information content (AvgIpc) is 3.04. The van der Waals surface area contributed by atoms with Crippen LogP contribution in [-0.4, -0.2) is 44.2 Å². The fourth-order valence-electron chi connectivity index (χ4n) is 3.89. The molecule has 0 spiro atoms. The van der Waals surface area contributed by atoms with Gasteiger partial charge in [-0.25, -0.2) is 0 Å². The monoisotopic (exact) mass is 357 g/mol. The van der Waals surface area contributed by atoms with E-state index in [1.165, 1.54) is 18.5 Å². The molecule has 1 aromatic rings. The summed E-state index contributed by atoms with van der Waals surface area (Å²) in [5.41, 5.74) is 2.00. The first-order chi connectivity index (χ1) is 12.7. The molecule has 6 nitrogen and oxygen atoms in total. The number of nitrogens with one attached hydrogen (secondary N) is 2.